The number of carbonyl (C=O) groups is 5. The number of amides is 3. The molecule has 5 unspecified atom stereocenters. The van der Waals surface area contributed by atoms with Gasteiger partial charge in [0.25, 0.3) is 5.91 Å². The maximum absolute atomic E-state index is 14.0. The van der Waals surface area contributed by atoms with E-state index in [4.69, 9.17) is 4.74 Å². The summed E-state index contributed by atoms with van der Waals surface area (Å²) < 4.78 is 5.76. The van der Waals surface area contributed by atoms with E-state index in [1.807, 2.05) is 70.0 Å². The van der Waals surface area contributed by atoms with E-state index in [9.17, 15) is 29.1 Å². The van der Waals surface area contributed by atoms with Gasteiger partial charge in [0.2, 0.25) is 11.8 Å². The number of hydrogen-bond donors (Lipinski definition) is 3. The average molecular weight is 743 g/mol. The van der Waals surface area contributed by atoms with Gasteiger partial charge in [-0.2, -0.15) is 0 Å². The fourth-order valence-corrected chi connectivity index (χ4v) is 7.58. The average Bonchev–Trinajstić information content (AvgIpc) is 3.58. The van der Waals surface area contributed by atoms with Crippen LogP contribution in [0.25, 0.3) is 0 Å². The highest BCUT2D eigenvalue weighted by Crippen LogP contribution is 2.31. The number of nitrogens with zero attached hydrogens (tertiary/aromatic N) is 4. The van der Waals surface area contributed by atoms with Crippen molar-refractivity contribution in [2.45, 2.75) is 109 Å². The van der Waals surface area contributed by atoms with Gasteiger partial charge < -0.3 is 25.4 Å². The van der Waals surface area contributed by atoms with Gasteiger partial charge in [0.15, 0.2) is 6.10 Å². The van der Waals surface area contributed by atoms with Crippen molar-refractivity contribution >= 4 is 41.0 Å². The molecule has 0 saturated carbocycles. The molecule has 1 fully saturated rings. The SMILES string of the molecule is CC(=O)OC(CC(C(C)C)N(C)C(=O)C(NC(=O)C1CCCCN1C)C(C)C)c1nc(C(=O)NC(Cc2ccccc2)C[C@@H](C(=O)O)N(C)C)cs1. The molecule has 2 heterocycles. The van der Waals surface area contributed by atoms with Crippen LogP contribution < -0.4 is 10.6 Å². The Hall–Kier alpha value is -3.88. The summed E-state index contributed by atoms with van der Waals surface area (Å²) >= 11 is 1.18. The molecule has 1 aliphatic heterocycles. The highest BCUT2D eigenvalue weighted by Gasteiger charge is 2.37. The molecular formula is C38H58N6O7S. The molecule has 2 aromatic rings. The van der Waals surface area contributed by atoms with Gasteiger partial charge in [0, 0.05) is 37.9 Å². The molecule has 0 spiro atoms. The van der Waals surface area contributed by atoms with E-state index in [0.29, 0.717) is 11.4 Å². The molecule has 13 nitrogen and oxygen atoms in total. The minimum Gasteiger partial charge on any atom is -0.480 e. The molecular weight excluding hydrogens is 685 g/mol. The Morgan fingerprint density at radius 1 is 1.00 bits per heavy atom. The standard InChI is InChI=1S/C38H58N6O7S/c1-23(2)30(44(9)37(48)33(24(3)4)41-35(47)29-17-13-14-18-43(29)8)21-32(51-25(5)45)36-40-28(22-52-36)34(46)39-27(19-26-15-11-10-12-16-26)20-31(38(49)50)42(6)7/h10-12,15-16,22-24,27,29-33H,13-14,17-21H2,1-9H3,(H,39,46)(H,41,47)(H,49,50)/t27?,29?,30?,31-,32?,33?/m0/s1. The van der Waals surface area contributed by atoms with Gasteiger partial charge >= 0.3 is 11.9 Å². The number of aliphatic carboxylic acids is 1. The van der Waals surface area contributed by atoms with E-state index in [1.54, 1.807) is 36.3 Å². The van der Waals surface area contributed by atoms with E-state index in [2.05, 4.69) is 15.6 Å². The van der Waals surface area contributed by atoms with Gasteiger partial charge in [-0.3, -0.25) is 33.8 Å². The molecule has 0 aliphatic carbocycles. The molecule has 1 aromatic heterocycles. The van der Waals surface area contributed by atoms with Gasteiger partial charge in [-0.25, -0.2) is 4.98 Å². The summed E-state index contributed by atoms with van der Waals surface area (Å²) in [5.41, 5.74) is 1.07. The third-order valence-corrected chi connectivity index (χ3v) is 10.7. The van der Waals surface area contributed by atoms with E-state index >= 15 is 0 Å². The van der Waals surface area contributed by atoms with Crippen LogP contribution in [0.1, 0.15) is 93.9 Å². The lowest BCUT2D eigenvalue weighted by Crippen LogP contribution is -2.57. The Bertz CT molecular complexity index is 1500. The summed E-state index contributed by atoms with van der Waals surface area (Å²) in [5.74, 6) is -2.60. The van der Waals surface area contributed by atoms with Crippen LogP contribution >= 0.6 is 11.3 Å². The lowest BCUT2D eigenvalue weighted by molar-refractivity contribution is -0.149. The molecule has 3 N–H and O–H groups in total. The predicted octanol–water partition coefficient (Wildman–Crippen LogP) is 3.99. The first-order valence-electron chi connectivity index (χ1n) is 18.1. The fraction of sp³-hybridized carbons (Fsp3) is 0.632. The molecule has 1 aliphatic rings. The predicted molar refractivity (Wildman–Crippen MR) is 201 cm³/mol. The molecule has 6 atom stereocenters. The minimum absolute atomic E-state index is 0.0552. The van der Waals surface area contributed by atoms with Crippen molar-refractivity contribution in [3.63, 3.8) is 0 Å². The molecule has 0 radical (unpaired) electrons. The molecule has 14 heteroatoms. The maximum Gasteiger partial charge on any atom is 0.320 e. The lowest BCUT2D eigenvalue weighted by Gasteiger charge is -2.37. The summed E-state index contributed by atoms with van der Waals surface area (Å²) in [7, 11) is 7.01. The van der Waals surface area contributed by atoms with Crippen molar-refractivity contribution in [3.8, 4) is 0 Å². The second kappa shape index (κ2) is 19.8. The lowest BCUT2D eigenvalue weighted by atomic mass is 9.94. The number of likely N-dealkylation sites (N-methyl/N-ethyl adjacent to an activating group) is 3. The quantitative estimate of drug-likeness (QED) is 0.191. The number of rotatable bonds is 18. The monoisotopic (exact) mass is 742 g/mol. The van der Waals surface area contributed by atoms with Crippen LogP contribution in [-0.2, 0) is 30.3 Å². The van der Waals surface area contributed by atoms with Crippen molar-refractivity contribution < 1.29 is 33.8 Å². The molecule has 1 aromatic carbocycles. The first kappa shape index (κ1) is 42.5. The summed E-state index contributed by atoms with van der Waals surface area (Å²) in [4.78, 5) is 75.2. The van der Waals surface area contributed by atoms with Crippen LogP contribution in [0, 0.1) is 11.8 Å². The Morgan fingerprint density at radius 2 is 1.67 bits per heavy atom. The van der Waals surface area contributed by atoms with E-state index in [0.717, 1.165) is 31.4 Å². The van der Waals surface area contributed by atoms with Gasteiger partial charge in [0.1, 0.15) is 22.8 Å². The van der Waals surface area contributed by atoms with Crippen molar-refractivity contribution in [1.29, 1.82) is 0 Å². The molecule has 3 amide bonds. The largest absolute Gasteiger partial charge is 0.480 e. The minimum atomic E-state index is -0.987. The molecule has 0 bridgehead atoms. The number of carboxylic acid groups (broad SMARTS) is 1. The third kappa shape index (κ3) is 12.1. The Balaban J connectivity index is 1.81. The summed E-state index contributed by atoms with van der Waals surface area (Å²) in [6.07, 6.45) is 2.71. The Morgan fingerprint density at radius 3 is 2.23 bits per heavy atom. The smallest absolute Gasteiger partial charge is 0.320 e. The van der Waals surface area contributed by atoms with E-state index in [1.165, 1.54) is 18.3 Å². The highest BCUT2D eigenvalue weighted by atomic mass is 32.1. The summed E-state index contributed by atoms with van der Waals surface area (Å²) in [5, 5.41) is 17.8. The number of likely N-dealkylation sites (tertiary alicyclic amines) is 1. The number of ether oxygens (including phenoxy) is 1. The fourth-order valence-electron chi connectivity index (χ4n) is 6.74. The normalized spacial score (nSPS) is 18.0. The molecule has 52 heavy (non-hydrogen) atoms. The number of carbonyl (C=O) groups excluding carboxylic acids is 4. The van der Waals surface area contributed by atoms with Crippen LogP contribution in [0.3, 0.4) is 0 Å². The van der Waals surface area contributed by atoms with Gasteiger partial charge in [-0.15, -0.1) is 11.3 Å². The number of thiazole rings is 1. The Labute approximate surface area is 312 Å². The van der Waals surface area contributed by atoms with Gasteiger partial charge in [-0.05, 0) is 70.8 Å². The second-order valence-electron chi connectivity index (χ2n) is 14.8. The first-order chi connectivity index (χ1) is 24.5. The number of nitrogens with one attached hydrogen (secondary N) is 2. The van der Waals surface area contributed by atoms with E-state index in [-0.39, 0.29) is 48.2 Å². The number of aromatic nitrogens is 1. The summed E-state index contributed by atoms with van der Waals surface area (Å²) in [6.45, 7) is 9.90. The van der Waals surface area contributed by atoms with Crippen LogP contribution in [0.5, 0.6) is 0 Å². The molecule has 3 rings (SSSR count). The zero-order chi connectivity index (χ0) is 38.7. The number of hydrogen-bond acceptors (Lipinski definition) is 10. The van der Waals surface area contributed by atoms with Gasteiger partial charge in [-0.1, -0.05) is 64.4 Å². The van der Waals surface area contributed by atoms with E-state index < -0.39 is 48.1 Å². The van der Waals surface area contributed by atoms with Crippen molar-refractivity contribution in [2.24, 2.45) is 11.8 Å². The second-order valence-corrected chi connectivity index (χ2v) is 15.7. The zero-order valence-electron chi connectivity index (χ0n) is 32.1. The Kier molecular flexibility index (Phi) is 16.2. The number of carboxylic acids is 1. The van der Waals surface area contributed by atoms with Crippen LogP contribution in [0.4, 0.5) is 0 Å². The molecule has 1 saturated heterocycles. The molecule has 288 valence electrons. The van der Waals surface area contributed by atoms with Crippen molar-refractivity contribution in [1.82, 2.24) is 30.3 Å². The maximum atomic E-state index is 14.0. The number of benzene rings is 1. The van der Waals surface area contributed by atoms with Crippen LogP contribution in [0.15, 0.2) is 35.7 Å². The third-order valence-electron chi connectivity index (χ3n) is 9.79. The first-order valence-corrected chi connectivity index (χ1v) is 19.0. The van der Waals surface area contributed by atoms with Crippen molar-refractivity contribution in [3.05, 3.63) is 52.0 Å². The number of piperidine rings is 1. The van der Waals surface area contributed by atoms with Crippen LogP contribution in [-0.4, -0.2) is 119 Å². The van der Waals surface area contributed by atoms with Crippen molar-refractivity contribution in [2.75, 3.05) is 34.7 Å². The highest BCUT2D eigenvalue weighted by molar-refractivity contribution is 7.09. The number of esters is 1. The summed E-state index contributed by atoms with van der Waals surface area (Å²) in [6, 6.07) is 6.77. The topological polar surface area (TPSA) is 161 Å². The van der Waals surface area contributed by atoms with Gasteiger partial charge in [0.05, 0.1) is 6.04 Å². The zero-order valence-corrected chi connectivity index (χ0v) is 32.9. The van der Waals surface area contributed by atoms with Crippen LogP contribution in [0.2, 0.25) is 0 Å².